The molecule has 0 bridgehead atoms. The Hall–Kier alpha value is -0.700. The molecule has 0 aliphatic carbocycles. The molecule has 0 saturated carbocycles. The molecule has 1 atom stereocenters. The molecule has 2 heterocycles. The smallest absolute Gasteiger partial charge is 0.146 e. The van der Waals surface area contributed by atoms with Crippen molar-refractivity contribution >= 4 is 17.5 Å². The first-order valence-electron chi connectivity index (χ1n) is 4.49. The summed E-state index contributed by atoms with van der Waals surface area (Å²) in [4.78, 5) is 11.5. The molecule has 0 N–H and O–H groups in total. The van der Waals surface area contributed by atoms with Crippen molar-refractivity contribution in [2.45, 2.75) is 12.8 Å². The molecule has 1 aromatic heterocycles. The molecule has 2 rings (SSSR count). The Labute approximate surface area is 81.7 Å². The van der Waals surface area contributed by atoms with Crippen LogP contribution in [0.1, 0.15) is 12.2 Å². The number of rotatable bonds is 2. The van der Waals surface area contributed by atoms with Crippen LogP contribution >= 0.6 is 11.8 Å². The molecule has 1 fully saturated rings. The molecule has 1 saturated heterocycles. The highest BCUT2D eigenvalue weighted by atomic mass is 32.2. The van der Waals surface area contributed by atoms with Crippen molar-refractivity contribution in [3.8, 4) is 0 Å². The van der Waals surface area contributed by atoms with Crippen molar-refractivity contribution in [3.63, 3.8) is 0 Å². The average molecular weight is 196 g/mol. The summed E-state index contributed by atoms with van der Waals surface area (Å²) in [7, 11) is 0. The van der Waals surface area contributed by atoms with Gasteiger partial charge in [0, 0.05) is 12.3 Å². The Bertz CT molecular complexity index is 279. The number of carbonyl (C=O) groups excluding carboxylic acids is 1. The number of ketones is 1. The van der Waals surface area contributed by atoms with Gasteiger partial charge in [0.05, 0.1) is 12.0 Å². The van der Waals surface area contributed by atoms with Crippen LogP contribution in [-0.2, 0) is 11.2 Å². The summed E-state index contributed by atoms with van der Waals surface area (Å²) in [6.45, 7) is 0. The van der Waals surface area contributed by atoms with E-state index in [1.165, 1.54) is 0 Å². The summed E-state index contributed by atoms with van der Waals surface area (Å²) in [6, 6.07) is 3.81. The predicted octanol–water partition coefficient (Wildman–Crippen LogP) is 2.14. The minimum absolute atomic E-state index is 0.201. The van der Waals surface area contributed by atoms with Crippen LogP contribution in [0.15, 0.2) is 22.8 Å². The SMILES string of the molecule is O=C1CSCCC1Cc1ccco1. The maximum absolute atomic E-state index is 11.5. The summed E-state index contributed by atoms with van der Waals surface area (Å²) < 4.78 is 5.23. The lowest BCUT2D eigenvalue weighted by molar-refractivity contribution is -0.120. The highest BCUT2D eigenvalue weighted by molar-refractivity contribution is 8.00. The van der Waals surface area contributed by atoms with E-state index in [1.807, 2.05) is 12.1 Å². The number of furan rings is 1. The van der Waals surface area contributed by atoms with Gasteiger partial charge in [0.15, 0.2) is 0 Å². The van der Waals surface area contributed by atoms with Gasteiger partial charge in [-0.1, -0.05) is 0 Å². The standard InChI is InChI=1S/C10H12O2S/c11-10-7-13-5-3-8(10)6-9-2-1-4-12-9/h1-2,4,8H,3,5-7H2. The van der Waals surface area contributed by atoms with E-state index in [2.05, 4.69) is 0 Å². The Balaban J connectivity index is 1.97. The zero-order valence-corrected chi connectivity index (χ0v) is 8.18. The molecular formula is C10H12O2S. The van der Waals surface area contributed by atoms with Gasteiger partial charge in [-0.2, -0.15) is 11.8 Å². The molecule has 0 aromatic carbocycles. The van der Waals surface area contributed by atoms with E-state index >= 15 is 0 Å². The first-order valence-corrected chi connectivity index (χ1v) is 5.64. The molecule has 1 aromatic rings. The van der Waals surface area contributed by atoms with E-state index in [4.69, 9.17) is 4.42 Å². The van der Waals surface area contributed by atoms with Crippen molar-refractivity contribution in [2.75, 3.05) is 11.5 Å². The van der Waals surface area contributed by atoms with Crippen LogP contribution in [0, 0.1) is 5.92 Å². The summed E-state index contributed by atoms with van der Waals surface area (Å²) in [5, 5.41) is 0. The number of thioether (sulfide) groups is 1. The van der Waals surface area contributed by atoms with Crippen LogP contribution in [0.3, 0.4) is 0 Å². The van der Waals surface area contributed by atoms with Crippen molar-refractivity contribution < 1.29 is 9.21 Å². The van der Waals surface area contributed by atoms with Gasteiger partial charge in [-0.05, 0) is 24.3 Å². The van der Waals surface area contributed by atoms with Crippen molar-refractivity contribution in [2.24, 2.45) is 5.92 Å². The fraction of sp³-hybridized carbons (Fsp3) is 0.500. The van der Waals surface area contributed by atoms with Crippen molar-refractivity contribution in [1.29, 1.82) is 0 Å². The highest BCUT2D eigenvalue weighted by Crippen LogP contribution is 2.23. The van der Waals surface area contributed by atoms with E-state index < -0.39 is 0 Å². The van der Waals surface area contributed by atoms with Crippen LogP contribution in [-0.4, -0.2) is 17.3 Å². The average Bonchev–Trinajstić information content (AvgIpc) is 2.61. The second kappa shape index (κ2) is 4.01. The molecule has 13 heavy (non-hydrogen) atoms. The second-order valence-corrected chi connectivity index (χ2v) is 4.39. The first kappa shape index (κ1) is 8.88. The van der Waals surface area contributed by atoms with Gasteiger partial charge in [0.2, 0.25) is 0 Å². The number of Topliss-reactive ketones (excluding diaryl/α,β-unsaturated/α-hetero) is 1. The zero-order chi connectivity index (χ0) is 9.10. The van der Waals surface area contributed by atoms with Gasteiger partial charge in [-0.25, -0.2) is 0 Å². The molecule has 1 unspecified atom stereocenters. The molecule has 0 amide bonds. The molecule has 0 spiro atoms. The van der Waals surface area contributed by atoms with E-state index in [-0.39, 0.29) is 5.92 Å². The van der Waals surface area contributed by atoms with Crippen molar-refractivity contribution in [1.82, 2.24) is 0 Å². The van der Waals surface area contributed by atoms with Crippen LogP contribution in [0.2, 0.25) is 0 Å². The second-order valence-electron chi connectivity index (χ2n) is 3.29. The van der Waals surface area contributed by atoms with Crippen molar-refractivity contribution in [3.05, 3.63) is 24.2 Å². The molecule has 1 aliphatic rings. The van der Waals surface area contributed by atoms with Crippen LogP contribution < -0.4 is 0 Å². The number of carbonyl (C=O) groups is 1. The molecule has 2 nitrogen and oxygen atoms in total. The van der Waals surface area contributed by atoms with Gasteiger partial charge in [-0.15, -0.1) is 0 Å². The summed E-state index contributed by atoms with van der Waals surface area (Å²) in [5.41, 5.74) is 0. The first-order chi connectivity index (χ1) is 6.36. The minimum atomic E-state index is 0.201. The molecule has 0 radical (unpaired) electrons. The monoisotopic (exact) mass is 196 g/mol. The van der Waals surface area contributed by atoms with Gasteiger partial charge in [0.25, 0.3) is 0 Å². The zero-order valence-electron chi connectivity index (χ0n) is 7.36. The quantitative estimate of drug-likeness (QED) is 0.726. The lowest BCUT2D eigenvalue weighted by Crippen LogP contribution is -2.24. The Kier molecular flexibility index (Phi) is 2.74. The number of hydrogen-bond acceptors (Lipinski definition) is 3. The van der Waals surface area contributed by atoms with Gasteiger partial charge < -0.3 is 4.42 Å². The highest BCUT2D eigenvalue weighted by Gasteiger charge is 2.23. The molecular weight excluding hydrogens is 184 g/mol. The summed E-state index contributed by atoms with van der Waals surface area (Å²) >= 11 is 1.74. The largest absolute Gasteiger partial charge is 0.469 e. The minimum Gasteiger partial charge on any atom is -0.469 e. The third-order valence-electron chi connectivity index (χ3n) is 2.34. The third-order valence-corrected chi connectivity index (χ3v) is 3.35. The van der Waals surface area contributed by atoms with Gasteiger partial charge >= 0.3 is 0 Å². The fourth-order valence-electron chi connectivity index (χ4n) is 1.56. The summed E-state index contributed by atoms with van der Waals surface area (Å²) in [5.74, 6) is 3.31. The maximum atomic E-state index is 11.5. The van der Waals surface area contributed by atoms with Gasteiger partial charge in [0.1, 0.15) is 11.5 Å². The molecule has 70 valence electrons. The fourth-order valence-corrected chi connectivity index (χ4v) is 2.60. The maximum Gasteiger partial charge on any atom is 0.146 e. The van der Waals surface area contributed by atoms with E-state index in [9.17, 15) is 4.79 Å². The Morgan fingerprint density at radius 1 is 1.62 bits per heavy atom. The lowest BCUT2D eigenvalue weighted by Gasteiger charge is -2.18. The van der Waals surface area contributed by atoms with E-state index in [0.29, 0.717) is 11.5 Å². The molecule has 1 aliphatic heterocycles. The number of hydrogen-bond donors (Lipinski definition) is 0. The van der Waals surface area contributed by atoms with E-state index in [1.54, 1.807) is 18.0 Å². The predicted molar refractivity (Wildman–Crippen MR) is 52.9 cm³/mol. The summed E-state index contributed by atoms with van der Waals surface area (Å²) in [6.07, 6.45) is 3.45. The Morgan fingerprint density at radius 3 is 3.23 bits per heavy atom. The normalized spacial score (nSPS) is 23.4. The third kappa shape index (κ3) is 2.15. The van der Waals surface area contributed by atoms with E-state index in [0.717, 1.165) is 24.4 Å². The topological polar surface area (TPSA) is 30.2 Å². The van der Waals surface area contributed by atoms with Crippen LogP contribution in [0.5, 0.6) is 0 Å². The van der Waals surface area contributed by atoms with Crippen LogP contribution in [0.25, 0.3) is 0 Å². The van der Waals surface area contributed by atoms with Gasteiger partial charge in [-0.3, -0.25) is 4.79 Å². The van der Waals surface area contributed by atoms with Crippen LogP contribution in [0.4, 0.5) is 0 Å². The lowest BCUT2D eigenvalue weighted by atomic mass is 9.96. The Morgan fingerprint density at radius 2 is 2.54 bits per heavy atom. The molecule has 3 heteroatoms.